The van der Waals surface area contributed by atoms with Crippen molar-refractivity contribution in [2.75, 3.05) is 5.32 Å². The molecule has 0 radical (unpaired) electrons. The minimum atomic E-state index is -0.984. The van der Waals surface area contributed by atoms with Gasteiger partial charge in [-0.15, -0.1) is 11.3 Å². The van der Waals surface area contributed by atoms with Gasteiger partial charge in [0.25, 0.3) is 0 Å². The Kier molecular flexibility index (Phi) is 6.53. The Morgan fingerprint density at radius 1 is 1.09 bits per heavy atom. The van der Waals surface area contributed by atoms with E-state index in [0.717, 1.165) is 23.3 Å². The van der Waals surface area contributed by atoms with Crippen LogP contribution in [0.2, 0.25) is 0 Å². The summed E-state index contributed by atoms with van der Waals surface area (Å²) in [6.45, 7) is 1.80. The van der Waals surface area contributed by atoms with E-state index in [1.54, 1.807) is 19.1 Å². The molecule has 0 bridgehead atoms. The van der Waals surface area contributed by atoms with Crippen LogP contribution in [-0.4, -0.2) is 27.0 Å². The average Bonchev–Trinajstić information content (AvgIpc) is 3.19. The molecule has 6 nitrogen and oxygen atoms in total. The summed E-state index contributed by atoms with van der Waals surface area (Å²) in [5.41, 5.74) is 8.70. The molecule has 164 valence electrons. The first kappa shape index (κ1) is 22.0. The third-order valence-electron chi connectivity index (χ3n) is 5.48. The quantitative estimate of drug-likeness (QED) is 0.229. The standard InChI is InChI=1S/C24H23N3O3S2/c1-14(26-27-24(31)25-19-10-8-16(9-11-19)23(29)30)20-13-32-22(21(20)28)18-7-6-15-4-2-3-5-17(15)12-18/h6-13,28H,2-5H2,1H3,(H,29,30)(H2,25,27,31)/b26-14+. The normalized spacial score (nSPS) is 13.3. The van der Waals surface area contributed by atoms with Gasteiger partial charge in [-0.05, 0) is 91.8 Å². The maximum absolute atomic E-state index is 10.9. The Hall–Kier alpha value is -3.23. The predicted octanol–water partition coefficient (Wildman–Crippen LogP) is 5.41. The molecule has 8 heteroatoms. The molecule has 1 aliphatic carbocycles. The molecule has 0 spiro atoms. The lowest BCUT2D eigenvalue weighted by atomic mass is 9.90. The molecule has 0 fully saturated rings. The monoisotopic (exact) mass is 465 g/mol. The van der Waals surface area contributed by atoms with Crippen molar-refractivity contribution in [3.63, 3.8) is 0 Å². The molecule has 4 N–H and O–H groups in total. The number of hydrogen-bond acceptors (Lipinski definition) is 5. The number of hydrazone groups is 1. The van der Waals surface area contributed by atoms with Crippen LogP contribution in [0.15, 0.2) is 52.9 Å². The maximum Gasteiger partial charge on any atom is 0.335 e. The van der Waals surface area contributed by atoms with Gasteiger partial charge in [0.2, 0.25) is 0 Å². The van der Waals surface area contributed by atoms with Gasteiger partial charge in [-0.2, -0.15) is 5.10 Å². The third-order valence-corrected chi connectivity index (χ3v) is 6.69. The second-order valence-electron chi connectivity index (χ2n) is 7.66. The fourth-order valence-corrected chi connectivity index (χ4v) is 4.90. The minimum Gasteiger partial charge on any atom is -0.506 e. The van der Waals surface area contributed by atoms with Crippen LogP contribution < -0.4 is 10.7 Å². The highest BCUT2D eigenvalue weighted by Gasteiger charge is 2.17. The number of aryl methyl sites for hydroxylation is 2. The van der Waals surface area contributed by atoms with Crippen LogP contribution in [0, 0.1) is 0 Å². The molecule has 0 saturated heterocycles. The summed E-state index contributed by atoms with van der Waals surface area (Å²) in [6, 6.07) is 12.7. The first-order chi connectivity index (χ1) is 15.4. The Morgan fingerprint density at radius 2 is 1.81 bits per heavy atom. The zero-order valence-electron chi connectivity index (χ0n) is 17.5. The van der Waals surface area contributed by atoms with E-state index in [9.17, 15) is 9.90 Å². The van der Waals surface area contributed by atoms with Crippen molar-refractivity contribution >= 4 is 46.0 Å². The van der Waals surface area contributed by atoms with Crippen molar-refractivity contribution in [2.24, 2.45) is 5.10 Å². The number of hydrogen-bond donors (Lipinski definition) is 4. The molecule has 3 aromatic rings. The van der Waals surface area contributed by atoms with Crippen LogP contribution in [0.25, 0.3) is 10.4 Å². The zero-order chi connectivity index (χ0) is 22.7. The Labute approximate surface area is 195 Å². The summed E-state index contributed by atoms with van der Waals surface area (Å²) in [5.74, 6) is -0.764. The smallest absolute Gasteiger partial charge is 0.335 e. The number of aromatic hydroxyl groups is 1. The fourth-order valence-electron chi connectivity index (χ4n) is 3.74. The molecule has 1 aromatic heterocycles. The highest BCUT2D eigenvalue weighted by Crippen LogP contribution is 2.40. The number of carboxylic acids is 1. The van der Waals surface area contributed by atoms with Crippen molar-refractivity contribution in [2.45, 2.75) is 32.6 Å². The first-order valence-corrected chi connectivity index (χ1v) is 11.6. The number of carbonyl (C=O) groups is 1. The number of rotatable bonds is 5. The molecule has 0 aliphatic heterocycles. The fraction of sp³-hybridized carbons (Fsp3) is 0.208. The minimum absolute atomic E-state index is 0.200. The number of nitrogens with one attached hydrogen (secondary N) is 2. The molecule has 0 saturated carbocycles. The van der Waals surface area contributed by atoms with Crippen LogP contribution in [0.4, 0.5) is 5.69 Å². The van der Waals surface area contributed by atoms with Crippen LogP contribution in [0.1, 0.15) is 46.8 Å². The molecule has 32 heavy (non-hydrogen) atoms. The van der Waals surface area contributed by atoms with Gasteiger partial charge < -0.3 is 15.5 Å². The van der Waals surface area contributed by atoms with Gasteiger partial charge in [0.05, 0.1) is 21.7 Å². The van der Waals surface area contributed by atoms with Crippen LogP contribution in [-0.2, 0) is 12.8 Å². The SMILES string of the molecule is C/C(=N\NC(=S)Nc1ccc(C(=O)O)cc1)c1csc(-c2ccc3c(c2)CCCC3)c1O. The topological polar surface area (TPSA) is 94.0 Å². The lowest BCUT2D eigenvalue weighted by Gasteiger charge is -2.16. The highest BCUT2D eigenvalue weighted by molar-refractivity contribution is 7.80. The second-order valence-corrected chi connectivity index (χ2v) is 8.95. The molecule has 1 aliphatic rings. The van der Waals surface area contributed by atoms with Gasteiger partial charge in [-0.25, -0.2) is 4.79 Å². The van der Waals surface area contributed by atoms with E-state index >= 15 is 0 Å². The van der Waals surface area contributed by atoms with Crippen LogP contribution in [0.3, 0.4) is 0 Å². The first-order valence-electron chi connectivity index (χ1n) is 10.3. The number of anilines is 1. The van der Waals surface area contributed by atoms with Crippen molar-refractivity contribution in [1.29, 1.82) is 0 Å². The van der Waals surface area contributed by atoms with Gasteiger partial charge in [-0.3, -0.25) is 5.43 Å². The van der Waals surface area contributed by atoms with Crippen molar-refractivity contribution in [3.8, 4) is 16.2 Å². The molecular weight excluding hydrogens is 442 g/mol. The van der Waals surface area contributed by atoms with Crippen LogP contribution in [0.5, 0.6) is 5.75 Å². The number of thiophene rings is 1. The van der Waals surface area contributed by atoms with E-state index in [2.05, 4.69) is 34.0 Å². The molecule has 1 heterocycles. The lowest BCUT2D eigenvalue weighted by molar-refractivity contribution is 0.0697. The summed E-state index contributed by atoms with van der Waals surface area (Å²) < 4.78 is 0. The Balaban J connectivity index is 1.44. The number of fused-ring (bicyclic) bond motifs is 1. The van der Waals surface area contributed by atoms with E-state index in [0.29, 0.717) is 17.0 Å². The largest absolute Gasteiger partial charge is 0.506 e. The summed E-state index contributed by atoms with van der Waals surface area (Å²) in [4.78, 5) is 11.8. The van der Waals surface area contributed by atoms with Crippen molar-refractivity contribution in [3.05, 3.63) is 70.1 Å². The number of thiocarbonyl (C=S) groups is 1. The van der Waals surface area contributed by atoms with Gasteiger partial charge in [0.1, 0.15) is 5.75 Å². The van der Waals surface area contributed by atoms with Gasteiger partial charge >= 0.3 is 5.97 Å². The zero-order valence-corrected chi connectivity index (χ0v) is 19.1. The Morgan fingerprint density at radius 3 is 2.53 bits per heavy atom. The summed E-state index contributed by atoms with van der Waals surface area (Å²) in [5, 5.41) is 29.2. The van der Waals surface area contributed by atoms with E-state index < -0.39 is 5.97 Å². The molecule has 0 unspecified atom stereocenters. The second kappa shape index (κ2) is 9.50. The Bertz CT molecular complexity index is 1200. The molecule has 2 aromatic carbocycles. The summed E-state index contributed by atoms with van der Waals surface area (Å²) in [7, 11) is 0. The van der Waals surface area contributed by atoms with Gasteiger partial charge in [0.15, 0.2) is 5.11 Å². The molecule has 0 atom stereocenters. The number of nitrogens with zero attached hydrogens (tertiary/aromatic N) is 1. The van der Waals surface area contributed by atoms with Gasteiger partial charge in [-0.1, -0.05) is 12.1 Å². The predicted molar refractivity (Wildman–Crippen MR) is 133 cm³/mol. The highest BCUT2D eigenvalue weighted by atomic mass is 32.1. The van der Waals surface area contributed by atoms with E-state index in [1.807, 2.05) is 5.38 Å². The van der Waals surface area contributed by atoms with Crippen LogP contribution >= 0.6 is 23.6 Å². The number of benzene rings is 2. The van der Waals surface area contributed by atoms with Crippen molar-refractivity contribution in [1.82, 2.24) is 5.43 Å². The molecule has 0 amide bonds. The molecule has 4 rings (SSSR count). The lowest BCUT2D eigenvalue weighted by Crippen LogP contribution is -2.24. The molecular formula is C24H23N3O3S2. The van der Waals surface area contributed by atoms with E-state index in [1.165, 1.54) is 47.4 Å². The summed E-state index contributed by atoms with van der Waals surface area (Å²) in [6.07, 6.45) is 4.68. The van der Waals surface area contributed by atoms with Crippen molar-refractivity contribution < 1.29 is 15.0 Å². The maximum atomic E-state index is 10.9. The van der Waals surface area contributed by atoms with E-state index in [-0.39, 0.29) is 16.4 Å². The summed E-state index contributed by atoms with van der Waals surface area (Å²) >= 11 is 6.75. The third kappa shape index (κ3) is 4.81. The van der Waals surface area contributed by atoms with E-state index in [4.69, 9.17) is 17.3 Å². The number of carboxylic acid groups (broad SMARTS) is 1. The number of aromatic carboxylic acids is 1. The average molecular weight is 466 g/mol. The van der Waals surface area contributed by atoms with Gasteiger partial charge in [0, 0.05) is 11.1 Å².